The summed E-state index contributed by atoms with van der Waals surface area (Å²) in [4.78, 5) is 3.90. The molecule has 1 aliphatic rings. The van der Waals surface area contributed by atoms with Gasteiger partial charge in [-0.2, -0.15) is 0 Å². The molecule has 0 amide bonds. The molecule has 1 atom stereocenters. The molecule has 0 bridgehead atoms. The van der Waals surface area contributed by atoms with Gasteiger partial charge in [0.2, 0.25) is 5.79 Å². The average Bonchev–Trinajstić information content (AvgIpc) is 2.31. The lowest BCUT2D eigenvalue weighted by atomic mass is 10.0. The number of hydrogen-bond acceptors (Lipinski definition) is 2. The second kappa shape index (κ2) is 4.14. The number of nitrogens with zero attached hydrogens (tertiary/aromatic N) is 1. The zero-order chi connectivity index (χ0) is 10.7. The van der Waals surface area contributed by atoms with Crippen LogP contribution in [0.2, 0.25) is 0 Å². The minimum atomic E-state index is -1.64. The first-order valence-electron chi connectivity index (χ1n) is 4.56. The lowest BCUT2D eigenvalue weighted by Gasteiger charge is -2.25. The summed E-state index contributed by atoms with van der Waals surface area (Å²) < 4.78 is 14.3. The Hall–Kier alpha value is -1.16. The van der Waals surface area contributed by atoms with Gasteiger partial charge in [0.1, 0.15) is 0 Å². The first kappa shape index (κ1) is 10.4. The molecule has 2 nitrogen and oxygen atoms in total. The van der Waals surface area contributed by atoms with Gasteiger partial charge in [-0.1, -0.05) is 28.1 Å². The van der Waals surface area contributed by atoms with Gasteiger partial charge in [-0.15, -0.1) is 0 Å². The van der Waals surface area contributed by atoms with E-state index in [9.17, 15) is 4.39 Å². The van der Waals surface area contributed by atoms with Gasteiger partial charge in [-0.05, 0) is 17.7 Å². The quantitative estimate of drug-likeness (QED) is 0.659. The molecular weight excluding hydrogens is 259 g/mol. The number of hydrogen-bond donors (Lipinski definition) is 1. The summed E-state index contributed by atoms with van der Waals surface area (Å²) in [7, 11) is 0. The van der Waals surface area contributed by atoms with Crippen molar-refractivity contribution in [3.05, 3.63) is 54.0 Å². The molecule has 1 aromatic heterocycles. The summed E-state index contributed by atoms with van der Waals surface area (Å²) in [6.07, 6.45) is 8.07. The predicted molar refractivity (Wildman–Crippen MR) is 61.2 cm³/mol. The summed E-state index contributed by atoms with van der Waals surface area (Å²) >= 11 is 3.31. The van der Waals surface area contributed by atoms with Crippen molar-refractivity contribution in [2.75, 3.05) is 5.33 Å². The molecule has 0 saturated carbocycles. The molecule has 0 aromatic carbocycles. The van der Waals surface area contributed by atoms with E-state index in [0.717, 1.165) is 5.57 Å². The van der Waals surface area contributed by atoms with Crippen LogP contribution in [-0.4, -0.2) is 10.3 Å². The maximum Gasteiger partial charge on any atom is 0.226 e. The van der Waals surface area contributed by atoms with Crippen molar-refractivity contribution < 1.29 is 4.39 Å². The van der Waals surface area contributed by atoms with E-state index in [-0.39, 0.29) is 0 Å². The van der Waals surface area contributed by atoms with Gasteiger partial charge in [0.25, 0.3) is 0 Å². The molecule has 4 heteroatoms. The second-order valence-electron chi connectivity index (χ2n) is 3.28. The van der Waals surface area contributed by atoms with Crippen LogP contribution in [0.4, 0.5) is 4.39 Å². The highest BCUT2D eigenvalue weighted by atomic mass is 79.9. The molecule has 0 saturated heterocycles. The van der Waals surface area contributed by atoms with Crippen LogP contribution in [0, 0.1) is 0 Å². The van der Waals surface area contributed by atoms with Gasteiger partial charge in [0.15, 0.2) is 0 Å². The van der Waals surface area contributed by atoms with Crippen LogP contribution in [0.3, 0.4) is 0 Å². The minimum Gasteiger partial charge on any atom is -0.352 e. The molecule has 15 heavy (non-hydrogen) atoms. The Labute approximate surface area is 96.0 Å². The van der Waals surface area contributed by atoms with Gasteiger partial charge in [0.05, 0.1) is 0 Å². The van der Waals surface area contributed by atoms with E-state index in [1.54, 1.807) is 30.6 Å². The molecule has 0 spiro atoms. The number of nitrogens with one attached hydrogen (secondary N) is 1. The number of pyridine rings is 1. The number of aromatic nitrogens is 1. The van der Waals surface area contributed by atoms with Crippen molar-refractivity contribution in [3.63, 3.8) is 0 Å². The molecule has 1 aromatic rings. The zero-order valence-electron chi connectivity index (χ0n) is 7.95. The van der Waals surface area contributed by atoms with Crippen LogP contribution >= 0.6 is 15.9 Å². The molecule has 0 fully saturated rings. The largest absolute Gasteiger partial charge is 0.352 e. The normalized spacial score (nSPS) is 24.5. The smallest absolute Gasteiger partial charge is 0.226 e. The fraction of sp³-hybridized carbons (Fsp3) is 0.182. The Bertz CT molecular complexity index is 402. The van der Waals surface area contributed by atoms with Crippen LogP contribution < -0.4 is 5.32 Å². The fourth-order valence-corrected chi connectivity index (χ4v) is 1.71. The third-order valence-electron chi connectivity index (χ3n) is 2.23. The molecule has 2 heterocycles. The first-order chi connectivity index (χ1) is 7.24. The van der Waals surface area contributed by atoms with E-state index in [2.05, 4.69) is 26.2 Å². The Morgan fingerprint density at radius 3 is 2.93 bits per heavy atom. The summed E-state index contributed by atoms with van der Waals surface area (Å²) in [5.74, 6) is -1.64. The van der Waals surface area contributed by atoms with Crippen molar-refractivity contribution in [3.8, 4) is 0 Å². The van der Waals surface area contributed by atoms with Crippen LogP contribution in [0.15, 0.2) is 48.5 Å². The van der Waals surface area contributed by atoms with Crippen molar-refractivity contribution >= 4 is 15.9 Å². The summed E-state index contributed by atoms with van der Waals surface area (Å²) in [6, 6.07) is 3.42. The number of alkyl halides is 2. The third kappa shape index (κ3) is 2.09. The van der Waals surface area contributed by atoms with E-state index in [1.807, 2.05) is 0 Å². The highest BCUT2D eigenvalue weighted by Crippen LogP contribution is 2.27. The zero-order valence-corrected chi connectivity index (χ0v) is 9.54. The lowest BCUT2D eigenvalue weighted by Crippen LogP contribution is -2.34. The molecule has 1 N–H and O–H groups in total. The number of allylic oxidation sites excluding steroid dienone is 2. The molecule has 78 valence electrons. The van der Waals surface area contributed by atoms with Gasteiger partial charge >= 0.3 is 0 Å². The molecule has 1 unspecified atom stereocenters. The standard InChI is InChI=1S/C11H10BrFN2/c12-6-9-3-4-11(13,15-7-9)10-2-1-5-14-8-10/h1-5,7-8,15H,6H2. The van der Waals surface area contributed by atoms with Crippen LogP contribution in [0.1, 0.15) is 5.56 Å². The maximum atomic E-state index is 14.3. The van der Waals surface area contributed by atoms with E-state index in [0.29, 0.717) is 10.9 Å². The highest BCUT2D eigenvalue weighted by molar-refractivity contribution is 9.09. The third-order valence-corrected chi connectivity index (χ3v) is 2.88. The fourth-order valence-electron chi connectivity index (χ4n) is 1.36. The highest BCUT2D eigenvalue weighted by Gasteiger charge is 2.29. The van der Waals surface area contributed by atoms with E-state index >= 15 is 0 Å². The van der Waals surface area contributed by atoms with Crippen molar-refractivity contribution in [1.29, 1.82) is 0 Å². The van der Waals surface area contributed by atoms with Crippen molar-refractivity contribution in [2.45, 2.75) is 5.79 Å². The van der Waals surface area contributed by atoms with Crippen LogP contribution in [0.5, 0.6) is 0 Å². The second-order valence-corrected chi connectivity index (χ2v) is 3.84. The Morgan fingerprint density at radius 2 is 2.40 bits per heavy atom. The van der Waals surface area contributed by atoms with Gasteiger partial charge in [-0.3, -0.25) is 4.98 Å². The van der Waals surface area contributed by atoms with Gasteiger partial charge in [0, 0.05) is 29.5 Å². The van der Waals surface area contributed by atoms with E-state index in [1.165, 1.54) is 12.3 Å². The topological polar surface area (TPSA) is 24.9 Å². The van der Waals surface area contributed by atoms with Crippen molar-refractivity contribution in [1.82, 2.24) is 10.3 Å². The van der Waals surface area contributed by atoms with E-state index < -0.39 is 5.79 Å². The summed E-state index contributed by atoms with van der Waals surface area (Å²) in [5, 5.41) is 3.44. The van der Waals surface area contributed by atoms with Crippen molar-refractivity contribution in [2.24, 2.45) is 0 Å². The van der Waals surface area contributed by atoms with Gasteiger partial charge < -0.3 is 5.32 Å². The van der Waals surface area contributed by atoms with Crippen LogP contribution in [0.25, 0.3) is 0 Å². The first-order valence-corrected chi connectivity index (χ1v) is 5.68. The maximum absolute atomic E-state index is 14.3. The van der Waals surface area contributed by atoms with Crippen LogP contribution in [-0.2, 0) is 5.79 Å². The lowest BCUT2D eigenvalue weighted by molar-refractivity contribution is 0.198. The predicted octanol–water partition coefficient (Wildman–Crippen LogP) is 2.64. The molecule has 0 radical (unpaired) electrons. The summed E-state index contributed by atoms with van der Waals surface area (Å²) in [5.41, 5.74) is 1.51. The molecule has 1 aliphatic heterocycles. The monoisotopic (exact) mass is 268 g/mol. The van der Waals surface area contributed by atoms with Gasteiger partial charge in [-0.25, -0.2) is 4.39 Å². The molecule has 2 rings (SSSR count). The summed E-state index contributed by atoms with van der Waals surface area (Å²) in [6.45, 7) is 0. The average molecular weight is 269 g/mol. The Balaban J connectivity index is 2.25. The Kier molecular flexibility index (Phi) is 2.86. The number of rotatable bonds is 2. The number of dihydropyridines is 1. The SMILES string of the molecule is FC1(c2cccnc2)C=CC(CBr)=CN1. The molecule has 0 aliphatic carbocycles. The number of halogens is 2. The van der Waals surface area contributed by atoms with E-state index in [4.69, 9.17) is 0 Å². The Morgan fingerprint density at radius 1 is 1.53 bits per heavy atom. The minimum absolute atomic E-state index is 0.506. The molecular formula is C11H10BrFN2.